The van der Waals surface area contributed by atoms with Crippen molar-refractivity contribution in [2.75, 3.05) is 0 Å². The van der Waals surface area contributed by atoms with Crippen LogP contribution in [-0.4, -0.2) is 34.2 Å². The van der Waals surface area contributed by atoms with E-state index in [2.05, 4.69) is 148 Å². The highest BCUT2D eigenvalue weighted by molar-refractivity contribution is 6.93. The maximum absolute atomic E-state index is 7.43. The highest BCUT2D eigenvalue weighted by atomic mass is 28.5. The first kappa shape index (κ1) is 33.0. The molecule has 1 saturated heterocycles. The molecule has 5 rings (SSSR count). The molecular weight excluding hydrogens is 609 g/mol. The quantitative estimate of drug-likeness (QED) is 0.142. The molecule has 0 amide bonds. The van der Waals surface area contributed by atoms with E-state index in [0.717, 1.165) is 49.9 Å². The first-order chi connectivity index (χ1) is 21.1. The average Bonchev–Trinajstić information content (AvgIpc) is 3.02. The first-order valence-electron chi connectivity index (χ1n) is 16.1. The van der Waals surface area contributed by atoms with Crippen molar-refractivity contribution in [3.8, 4) is 0 Å². The third kappa shape index (κ3) is 9.79. The van der Waals surface area contributed by atoms with Crippen molar-refractivity contribution in [1.82, 2.24) is 0 Å². The molecule has 0 N–H and O–H groups in total. The van der Waals surface area contributed by atoms with Crippen LogP contribution in [0.2, 0.25) is 50.4 Å². The second-order valence-corrected chi connectivity index (χ2v) is 27.2. The van der Waals surface area contributed by atoms with Gasteiger partial charge in [-0.1, -0.05) is 121 Å². The van der Waals surface area contributed by atoms with Gasteiger partial charge in [-0.15, -0.1) is 0 Å². The van der Waals surface area contributed by atoms with E-state index in [1.165, 1.54) is 22.3 Å². The summed E-state index contributed by atoms with van der Waals surface area (Å²) in [5, 5.41) is 0. The molecular formula is C36H48O4Si4. The van der Waals surface area contributed by atoms with Crippen LogP contribution in [0.25, 0.3) is 0 Å². The summed E-state index contributed by atoms with van der Waals surface area (Å²) in [4.78, 5) is 0. The molecule has 0 aliphatic carbocycles. The molecule has 232 valence electrons. The number of rotatable bonds is 12. The van der Waals surface area contributed by atoms with E-state index in [0.29, 0.717) is 0 Å². The second-order valence-electron chi connectivity index (χ2n) is 12.9. The Kier molecular flexibility index (Phi) is 11.1. The van der Waals surface area contributed by atoms with Gasteiger partial charge < -0.3 is 16.5 Å². The summed E-state index contributed by atoms with van der Waals surface area (Å²) in [5.41, 5.74) is 5.28. The molecule has 8 heteroatoms. The lowest BCUT2D eigenvalue weighted by molar-refractivity contribution is 0.222. The summed E-state index contributed by atoms with van der Waals surface area (Å²) >= 11 is 0. The number of hydrogen-bond donors (Lipinski definition) is 0. The summed E-state index contributed by atoms with van der Waals surface area (Å²) in [6.07, 6.45) is 3.72. The lowest BCUT2D eigenvalue weighted by Crippen LogP contribution is -2.67. The molecule has 0 unspecified atom stereocenters. The summed E-state index contributed by atoms with van der Waals surface area (Å²) in [6.45, 7) is 9.10. The topological polar surface area (TPSA) is 36.9 Å². The zero-order valence-corrected chi connectivity index (χ0v) is 30.8. The maximum Gasteiger partial charge on any atom is 0.317 e. The summed E-state index contributed by atoms with van der Waals surface area (Å²) < 4.78 is 29.7. The van der Waals surface area contributed by atoms with Crippen molar-refractivity contribution in [2.45, 2.75) is 76.0 Å². The van der Waals surface area contributed by atoms with Gasteiger partial charge in [0, 0.05) is 0 Å². The number of benzene rings is 4. The van der Waals surface area contributed by atoms with Gasteiger partial charge in [-0.3, -0.25) is 0 Å². The van der Waals surface area contributed by atoms with Gasteiger partial charge in [-0.05, 0) is 98.3 Å². The summed E-state index contributed by atoms with van der Waals surface area (Å²) in [7, 11) is -10.8. The standard InChI is InChI=1S/C36H48O4Si4/c1-41(29-25-33-17-9-5-10-18-33)37-42(2,30-26-34-19-11-6-12-20-34)39-44(4,32-28-36-23-15-8-16-24-36)40-43(3,38-41)31-27-35-21-13-7-14-22-35/h5-24H,25-32H2,1-4H3. The van der Waals surface area contributed by atoms with Gasteiger partial charge in [0.2, 0.25) is 0 Å². The molecule has 0 aromatic heterocycles. The fraction of sp³-hybridized carbons (Fsp3) is 0.333. The van der Waals surface area contributed by atoms with E-state index in [-0.39, 0.29) is 0 Å². The monoisotopic (exact) mass is 656 g/mol. The van der Waals surface area contributed by atoms with E-state index in [1.54, 1.807) is 0 Å². The van der Waals surface area contributed by atoms with Crippen LogP contribution in [-0.2, 0) is 42.1 Å². The predicted molar refractivity (Wildman–Crippen MR) is 191 cm³/mol. The summed E-state index contributed by atoms with van der Waals surface area (Å²) in [5.74, 6) is 0. The van der Waals surface area contributed by atoms with E-state index < -0.39 is 34.2 Å². The summed E-state index contributed by atoms with van der Waals surface area (Å²) in [6, 6.07) is 46.4. The van der Waals surface area contributed by atoms with Crippen LogP contribution in [0.1, 0.15) is 22.3 Å². The van der Waals surface area contributed by atoms with Gasteiger partial charge in [0.25, 0.3) is 0 Å². The molecule has 4 aromatic rings. The van der Waals surface area contributed by atoms with Crippen LogP contribution >= 0.6 is 0 Å². The Balaban J connectivity index is 1.45. The fourth-order valence-corrected chi connectivity index (χ4v) is 29.4. The predicted octanol–water partition coefficient (Wildman–Crippen LogP) is 9.33. The Morgan fingerprint density at radius 1 is 0.318 bits per heavy atom. The molecule has 0 saturated carbocycles. The normalized spacial score (nSPS) is 27.4. The highest BCUT2D eigenvalue weighted by Crippen LogP contribution is 2.39. The van der Waals surface area contributed by atoms with Gasteiger partial charge in [-0.2, -0.15) is 0 Å². The molecule has 1 aliphatic rings. The van der Waals surface area contributed by atoms with E-state index >= 15 is 0 Å². The molecule has 4 aromatic carbocycles. The maximum atomic E-state index is 7.43. The van der Waals surface area contributed by atoms with Crippen molar-refractivity contribution >= 4 is 34.2 Å². The highest BCUT2D eigenvalue weighted by Gasteiger charge is 2.56. The van der Waals surface area contributed by atoms with Crippen LogP contribution in [0, 0.1) is 0 Å². The molecule has 0 bridgehead atoms. The first-order valence-corrected chi connectivity index (χ1v) is 26.2. The smallest absolute Gasteiger partial charge is 0.317 e. The zero-order valence-electron chi connectivity index (χ0n) is 26.8. The Labute approximate surface area is 269 Å². The SMILES string of the molecule is C[Si]1(CCc2ccccc2)O[Si](C)(CCc2ccccc2)O[Si](C)(CCc2ccccc2)O[Si](C)(CCc2ccccc2)O1. The molecule has 1 fully saturated rings. The van der Waals surface area contributed by atoms with Crippen LogP contribution in [0.15, 0.2) is 121 Å². The van der Waals surface area contributed by atoms with Crippen molar-refractivity contribution in [3.05, 3.63) is 144 Å². The molecule has 44 heavy (non-hydrogen) atoms. The Bertz CT molecular complexity index is 1190. The van der Waals surface area contributed by atoms with E-state index in [4.69, 9.17) is 16.5 Å². The minimum Gasteiger partial charge on any atom is -0.416 e. The minimum atomic E-state index is -2.70. The lowest BCUT2D eigenvalue weighted by atomic mass is 10.2. The number of aryl methyl sites for hydroxylation is 4. The van der Waals surface area contributed by atoms with Gasteiger partial charge in [-0.25, -0.2) is 0 Å². The van der Waals surface area contributed by atoms with Crippen molar-refractivity contribution in [2.24, 2.45) is 0 Å². The van der Waals surface area contributed by atoms with Crippen molar-refractivity contribution in [1.29, 1.82) is 0 Å². The Morgan fingerprint density at radius 3 is 0.682 bits per heavy atom. The fourth-order valence-electron chi connectivity index (χ4n) is 6.38. The van der Waals surface area contributed by atoms with Crippen molar-refractivity contribution in [3.63, 3.8) is 0 Å². The third-order valence-corrected chi connectivity index (χ3v) is 27.0. The van der Waals surface area contributed by atoms with Crippen molar-refractivity contribution < 1.29 is 16.5 Å². The third-order valence-electron chi connectivity index (χ3n) is 8.57. The molecule has 1 aliphatic heterocycles. The molecule has 0 radical (unpaired) electrons. The van der Waals surface area contributed by atoms with E-state index in [9.17, 15) is 0 Å². The van der Waals surface area contributed by atoms with E-state index in [1.807, 2.05) is 0 Å². The van der Waals surface area contributed by atoms with Gasteiger partial charge in [0.1, 0.15) is 0 Å². The molecule has 0 atom stereocenters. The Morgan fingerprint density at radius 2 is 0.500 bits per heavy atom. The largest absolute Gasteiger partial charge is 0.416 e. The lowest BCUT2D eigenvalue weighted by Gasteiger charge is -2.50. The van der Waals surface area contributed by atoms with Crippen LogP contribution in [0.3, 0.4) is 0 Å². The van der Waals surface area contributed by atoms with Crippen LogP contribution in [0.5, 0.6) is 0 Å². The molecule has 1 heterocycles. The second kappa shape index (κ2) is 14.8. The van der Waals surface area contributed by atoms with Gasteiger partial charge in [0.15, 0.2) is 0 Å². The van der Waals surface area contributed by atoms with Crippen LogP contribution in [0.4, 0.5) is 0 Å². The Hall–Kier alpha value is -2.41. The average molecular weight is 657 g/mol. The minimum absolute atomic E-state index is 0.883. The number of hydrogen-bond acceptors (Lipinski definition) is 4. The zero-order chi connectivity index (χ0) is 30.9. The van der Waals surface area contributed by atoms with Gasteiger partial charge in [0.05, 0.1) is 0 Å². The van der Waals surface area contributed by atoms with Gasteiger partial charge >= 0.3 is 34.2 Å². The molecule has 0 spiro atoms. The molecule has 4 nitrogen and oxygen atoms in total. The van der Waals surface area contributed by atoms with Crippen LogP contribution < -0.4 is 0 Å².